The second-order valence-corrected chi connectivity index (χ2v) is 9.66. The second-order valence-electron chi connectivity index (χ2n) is 8.72. The number of thioether (sulfide) groups is 1. The Hall–Kier alpha value is -3.66. The lowest BCUT2D eigenvalue weighted by Gasteiger charge is -2.11. The minimum atomic E-state index is -0.533. The Labute approximate surface area is 211 Å². The molecule has 0 fully saturated rings. The Morgan fingerprint density at radius 1 is 1.08 bits per heavy atom. The third kappa shape index (κ3) is 4.99. The highest BCUT2D eigenvalue weighted by atomic mass is 32.2. The van der Waals surface area contributed by atoms with Crippen LogP contribution in [0.1, 0.15) is 37.3 Å². The van der Waals surface area contributed by atoms with Crippen LogP contribution in [-0.2, 0) is 25.4 Å². The van der Waals surface area contributed by atoms with Crippen molar-refractivity contribution in [3.8, 4) is 0 Å². The number of rotatable bonds is 8. The summed E-state index contributed by atoms with van der Waals surface area (Å²) in [5.41, 5.74) is 1.56. The number of halogens is 1. The number of amides is 1. The van der Waals surface area contributed by atoms with E-state index in [1.807, 2.05) is 24.3 Å². The first-order valence-corrected chi connectivity index (χ1v) is 12.6. The lowest BCUT2D eigenvalue weighted by atomic mass is 9.99. The highest BCUT2D eigenvalue weighted by molar-refractivity contribution is 7.99. The maximum Gasteiger partial charge on any atom is 0.332 e. The maximum atomic E-state index is 14.5. The molecule has 2 aromatic heterocycles. The minimum Gasteiger partial charge on any atom is -0.325 e. The van der Waals surface area contributed by atoms with Gasteiger partial charge in [0.25, 0.3) is 5.56 Å². The Bertz CT molecular complexity index is 1540. The number of nitrogens with zero attached hydrogens (tertiary/aromatic N) is 4. The molecular formula is C26H28FN5O3S. The summed E-state index contributed by atoms with van der Waals surface area (Å²) >= 11 is 1.12. The number of anilines is 1. The van der Waals surface area contributed by atoms with Gasteiger partial charge in [0.05, 0.1) is 12.3 Å². The van der Waals surface area contributed by atoms with Crippen molar-refractivity contribution < 1.29 is 9.18 Å². The van der Waals surface area contributed by atoms with Crippen LogP contribution in [0.4, 0.5) is 10.1 Å². The third-order valence-corrected chi connectivity index (χ3v) is 7.28. The van der Waals surface area contributed by atoms with Gasteiger partial charge in [-0.05, 0) is 36.1 Å². The van der Waals surface area contributed by atoms with E-state index in [1.54, 1.807) is 22.8 Å². The van der Waals surface area contributed by atoms with Crippen molar-refractivity contribution >= 4 is 34.5 Å². The van der Waals surface area contributed by atoms with Crippen molar-refractivity contribution in [1.82, 2.24) is 18.7 Å². The molecule has 0 bridgehead atoms. The van der Waals surface area contributed by atoms with Gasteiger partial charge in [0.15, 0.2) is 16.3 Å². The Morgan fingerprint density at radius 3 is 2.44 bits per heavy atom. The number of aryl methyl sites for hydroxylation is 1. The largest absolute Gasteiger partial charge is 0.332 e. The average Bonchev–Trinajstić information content (AvgIpc) is 3.24. The summed E-state index contributed by atoms with van der Waals surface area (Å²) in [6.07, 6.45) is 1.03. The van der Waals surface area contributed by atoms with E-state index in [1.165, 1.54) is 30.3 Å². The number of hydrogen-bond donors (Lipinski definition) is 1. The van der Waals surface area contributed by atoms with Crippen LogP contribution in [0.5, 0.6) is 0 Å². The third-order valence-electron chi connectivity index (χ3n) is 6.31. The molecule has 8 nitrogen and oxygen atoms in total. The molecule has 0 spiro atoms. The number of aromatic nitrogens is 4. The average molecular weight is 510 g/mol. The van der Waals surface area contributed by atoms with Crippen molar-refractivity contribution in [2.75, 3.05) is 11.1 Å². The summed E-state index contributed by atoms with van der Waals surface area (Å²) in [4.78, 5) is 42.6. The van der Waals surface area contributed by atoms with E-state index in [9.17, 15) is 18.8 Å². The van der Waals surface area contributed by atoms with Crippen molar-refractivity contribution in [3.05, 3.63) is 86.3 Å². The smallest absolute Gasteiger partial charge is 0.325 e. The number of carbonyl (C=O) groups is 1. The molecule has 2 aromatic carbocycles. The summed E-state index contributed by atoms with van der Waals surface area (Å²) in [5, 5.41) is 3.21. The fourth-order valence-corrected chi connectivity index (χ4v) is 4.73. The predicted molar refractivity (Wildman–Crippen MR) is 140 cm³/mol. The second kappa shape index (κ2) is 10.5. The van der Waals surface area contributed by atoms with Gasteiger partial charge in [-0.15, -0.1) is 0 Å². The monoisotopic (exact) mass is 509 g/mol. The topological polar surface area (TPSA) is 90.9 Å². The van der Waals surface area contributed by atoms with E-state index in [2.05, 4.69) is 24.1 Å². The fourth-order valence-electron chi connectivity index (χ4n) is 3.94. The van der Waals surface area contributed by atoms with Gasteiger partial charge in [-0.3, -0.25) is 18.7 Å². The number of nitrogens with one attached hydrogen (secondary N) is 1. The zero-order chi connectivity index (χ0) is 26.0. The van der Waals surface area contributed by atoms with E-state index in [-0.39, 0.29) is 29.4 Å². The Kier molecular flexibility index (Phi) is 7.44. The molecule has 1 amide bonds. The SMILES string of the molecule is CCC(C)c1ccc(NC(=O)CSc2nc3c(c(=O)n(C)c(=O)n3C)n2Cc2ccccc2F)cc1. The molecule has 10 heteroatoms. The van der Waals surface area contributed by atoms with Gasteiger partial charge >= 0.3 is 5.69 Å². The van der Waals surface area contributed by atoms with E-state index >= 15 is 0 Å². The number of benzene rings is 2. The molecule has 1 N–H and O–H groups in total. The summed E-state index contributed by atoms with van der Waals surface area (Å²) in [5.74, 6) is -0.211. The van der Waals surface area contributed by atoms with Crippen molar-refractivity contribution in [2.45, 2.75) is 37.9 Å². The van der Waals surface area contributed by atoms with Crippen molar-refractivity contribution in [1.29, 1.82) is 0 Å². The first-order chi connectivity index (χ1) is 17.2. The van der Waals surface area contributed by atoms with Gasteiger partial charge in [-0.2, -0.15) is 0 Å². The van der Waals surface area contributed by atoms with Gasteiger partial charge in [0.2, 0.25) is 5.91 Å². The highest BCUT2D eigenvalue weighted by Gasteiger charge is 2.21. The molecule has 4 rings (SSSR count). The van der Waals surface area contributed by atoms with Crippen LogP contribution in [0, 0.1) is 5.82 Å². The molecule has 4 aromatic rings. The molecule has 0 saturated carbocycles. The lowest BCUT2D eigenvalue weighted by Crippen LogP contribution is -2.37. The van der Waals surface area contributed by atoms with E-state index in [0.717, 1.165) is 22.7 Å². The molecule has 1 atom stereocenters. The summed E-state index contributed by atoms with van der Waals surface area (Å²) in [7, 11) is 2.91. The minimum absolute atomic E-state index is 0.0158. The predicted octanol–water partition coefficient (Wildman–Crippen LogP) is 3.87. The van der Waals surface area contributed by atoms with Gasteiger partial charge in [0, 0.05) is 25.3 Å². The molecule has 36 heavy (non-hydrogen) atoms. The van der Waals surface area contributed by atoms with Crippen LogP contribution in [0.2, 0.25) is 0 Å². The van der Waals surface area contributed by atoms with Crippen LogP contribution in [0.25, 0.3) is 11.2 Å². The molecule has 2 heterocycles. The first-order valence-electron chi connectivity index (χ1n) is 11.6. The van der Waals surface area contributed by atoms with E-state index in [4.69, 9.17) is 0 Å². The van der Waals surface area contributed by atoms with E-state index in [0.29, 0.717) is 22.3 Å². The maximum absolute atomic E-state index is 14.5. The molecule has 0 aliphatic carbocycles. The van der Waals surface area contributed by atoms with Gasteiger partial charge < -0.3 is 9.88 Å². The normalized spacial score (nSPS) is 12.1. The molecule has 1 unspecified atom stereocenters. The standard InChI is InChI=1S/C26H28FN5O3S/c1-5-16(2)17-10-12-19(13-11-17)28-21(33)15-36-25-29-23-22(24(34)31(4)26(35)30(23)3)32(25)14-18-8-6-7-9-20(18)27/h6-13,16H,5,14-15H2,1-4H3,(H,28,33). The zero-order valence-corrected chi connectivity index (χ0v) is 21.4. The van der Waals surface area contributed by atoms with Crippen LogP contribution in [-0.4, -0.2) is 30.3 Å². The van der Waals surface area contributed by atoms with Gasteiger partial charge in [0.1, 0.15) is 5.82 Å². The number of carbonyl (C=O) groups excluding carboxylic acids is 1. The van der Waals surface area contributed by atoms with Crippen LogP contribution >= 0.6 is 11.8 Å². The van der Waals surface area contributed by atoms with Crippen LogP contribution in [0.3, 0.4) is 0 Å². The molecule has 188 valence electrons. The Morgan fingerprint density at radius 2 is 1.78 bits per heavy atom. The van der Waals surface area contributed by atoms with Crippen LogP contribution < -0.4 is 16.6 Å². The number of imidazole rings is 1. The van der Waals surface area contributed by atoms with E-state index < -0.39 is 17.1 Å². The Balaban J connectivity index is 1.63. The highest BCUT2D eigenvalue weighted by Crippen LogP contribution is 2.25. The number of fused-ring (bicyclic) bond motifs is 1. The first kappa shape index (κ1) is 25.4. The summed E-state index contributed by atoms with van der Waals surface area (Å²) < 4.78 is 18.3. The lowest BCUT2D eigenvalue weighted by molar-refractivity contribution is -0.113. The fraction of sp³-hybridized carbons (Fsp3) is 0.308. The number of hydrogen-bond acceptors (Lipinski definition) is 5. The van der Waals surface area contributed by atoms with Gasteiger partial charge in [-0.25, -0.2) is 14.2 Å². The molecular weight excluding hydrogens is 481 g/mol. The van der Waals surface area contributed by atoms with Crippen molar-refractivity contribution in [2.24, 2.45) is 14.1 Å². The van der Waals surface area contributed by atoms with Gasteiger partial charge in [-0.1, -0.05) is 55.9 Å². The summed E-state index contributed by atoms with van der Waals surface area (Å²) in [6, 6.07) is 14.0. The quantitative estimate of drug-likeness (QED) is 0.364. The summed E-state index contributed by atoms with van der Waals surface area (Å²) in [6.45, 7) is 4.31. The zero-order valence-electron chi connectivity index (χ0n) is 20.6. The molecule has 0 radical (unpaired) electrons. The van der Waals surface area contributed by atoms with Crippen LogP contribution in [0.15, 0.2) is 63.3 Å². The molecule has 0 aliphatic heterocycles. The molecule has 0 aliphatic rings. The van der Waals surface area contributed by atoms with Crippen molar-refractivity contribution in [3.63, 3.8) is 0 Å². The molecule has 0 saturated heterocycles.